The van der Waals surface area contributed by atoms with Gasteiger partial charge < -0.3 is 4.74 Å². The van der Waals surface area contributed by atoms with Crippen LogP contribution in [0.3, 0.4) is 0 Å². The van der Waals surface area contributed by atoms with E-state index in [-0.39, 0.29) is 27.7 Å². The Bertz CT molecular complexity index is 1610. The smallest absolute Gasteiger partial charge is 0.443 e. The van der Waals surface area contributed by atoms with E-state index in [0.717, 1.165) is 29.2 Å². The molecule has 0 saturated heterocycles. The van der Waals surface area contributed by atoms with Crippen LogP contribution in [0.2, 0.25) is 0 Å². The fourth-order valence-electron chi connectivity index (χ4n) is 4.53. The van der Waals surface area contributed by atoms with Gasteiger partial charge in [0.2, 0.25) is 5.82 Å². The average Bonchev–Trinajstić information content (AvgIpc) is 3.30. The fraction of sp³-hybridized carbons (Fsp3) is 0.292. The Kier molecular flexibility index (Phi) is 5.72. The van der Waals surface area contributed by atoms with Gasteiger partial charge in [-0.3, -0.25) is 9.69 Å². The Morgan fingerprint density at radius 2 is 1.71 bits per heavy atom. The molecule has 2 aromatic heterocycles. The first-order chi connectivity index (χ1) is 17.8. The third kappa shape index (κ3) is 4.25. The number of anilines is 1. The topological polar surface area (TPSA) is 106 Å². The van der Waals surface area contributed by atoms with Crippen LogP contribution in [0.25, 0.3) is 10.8 Å². The molecule has 1 N–H and O–H groups in total. The molecule has 4 aromatic rings. The van der Waals surface area contributed by atoms with Crippen molar-refractivity contribution in [2.24, 2.45) is 0 Å². The van der Waals surface area contributed by atoms with Gasteiger partial charge in [0.05, 0.1) is 22.8 Å². The minimum absolute atomic E-state index is 0.0759. The zero-order valence-electron chi connectivity index (χ0n) is 20.0. The van der Waals surface area contributed by atoms with E-state index < -0.39 is 53.0 Å². The molecule has 0 fully saturated rings. The molecule has 3 heterocycles. The first kappa shape index (κ1) is 25.3. The highest BCUT2D eigenvalue weighted by atomic mass is 19.4. The molecule has 1 aliphatic heterocycles. The van der Waals surface area contributed by atoms with E-state index in [2.05, 4.69) is 20.3 Å². The minimum atomic E-state index is -4.97. The number of aromatic nitrogens is 5. The van der Waals surface area contributed by atoms with Crippen molar-refractivity contribution >= 4 is 22.6 Å². The fourth-order valence-corrected chi connectivity index (χ4v) is 4.53. The lowest BCUT2D eigenvalue weighted by Crippen LogP contribution is -2.46. The van der Waals surface area contributed by atoms with Gasteiger partial charge >= 0.3 is 12.3 Å². The number of H-pyrrole nitrogens is 1. The number of rotatable bonds is 2. The quantitative estimate of drug-likeness (QED) is 0.367. The van der Waals surface area contributed by atoms with Gasteiger partial charge in [0.15, 0.2) is 0 Å². The molecule has 0 bridgehead atoms. The van der Waals surface area contributed by atoms with Crippen molar-refractivity contribution in [2.75, 3.05) is 4.90 Å². The molecule has 38 heavy (non-hydrogen) atoms. The Morgan fingerprint density at radius 3 is 2.34 bits per heavy atom. The molecule has 0 aliphatic carbocycles. The van der Waals surface area contributed by atoms with Crippen LogP contribution in [0.4, 0.5) is 32.4 Å². The monoisotopic (exact) mass is 534 g/mol. The molecule has 1 aliphatic rings. The molecule has 2 atom stereocenters. The molecular formula is C24H19F5N6O3. The maximum absolute atomic E-state index is 14.8. The first-order valence-corrected chi connectivity index (χ1v) is 11.2. The Hall–Kier alpha value is -4.36. The van der Waals surface area contributed by atoms with E-state index in [1.54, 1.807) is 20.8 Å². The normalized spacial score (nSPS) is 17.6. The number of nitrogens with one attached hydrogen (secondary N) is 1. The number of ether oxygens (including phenoxy) is 1. The van der Waals surface area contributed by atoms with Crippen molar-refractivity contribution in [1.82, 2.24) is 25.0 Å². The van der Waals surface area contributed by atoms with Crippen LogP contribution < -0.4 is 10.5 Å². The second kappa shape index (κ2) is 8.60. The summed E-state index contributed by atoms with van der Waals surface area (Å²) >= 11 is 0. The number of amides is 1. The SMILES string of the molecule is CC(C)(C)OC(=O)N1c2cc(F)cc3c(=O)[nH]nc(c23)C(n2ncnc2C(F)(F)F)C1c1ccc(F)cc1. The van der Waals surface area contributed by atoms with Gasteiger partial charge in [0.1, 0.15) is 29.6 Å². The third-order valence-corrected chi connectivity index (χ3v) is 5.87. The van der Waals surface area contributed by atoms with Crippen LogP contribution in [0.15, 0.2) is 47.5 Å². The lowest BCUT2D eigenvalue weighted by atomic mass is 9.87. The predicted molar refractivity (Wildman–Crippen MR) is 123 cm³/mol. The number of benzene rings is 2. The van der Waals surface area contributed by atoms with E-state index >= 15 is 0 Å². The van der Waals surface area contributed by atoms with Crippen molar-refractivity contribution in [3.05, 3.63) is 81.8 Å². The highest BCUT2D eigenvalue weighted by Crippen LogP contribution is 2.49. The average molecular weight is 534 g/mol. The van der Waals surface area contributed by atoms with Crippen molar-refractivity contribution in [3.63, 3.8) is 0 Å². The summed E-state index contributed by atoms with van der Waals surface area (Å²) < 4.78 is 76.7. The second-order valence-corrected chi connectivity index (χ2v) is 9.60. The van der Waals surface area contributed by atoms with Gasteiger partial charge in [0.25, 0.3) is 5.56 Å². The van der Waals surface area contributed by atoms with E-state index in [9.17, 15) is 31.5 Å². The third-order valence-electron chi connectivity index (χ3n) is 5.87. The Balaban J connectivity index is 1.91. The molecule has 0 saturated carbocycles. The van der Waals surface area contributed by atoms with E-state index in [0.29, 0.717) is 11.0 Å². The number of carbonyl (C=O) groups excluding carboxylic acids is 1. The molecule has 9 nitrogen and oxygen atoms in total. The highest BCUT2D eigenvalue weighted by Gasteiger charge is 2.48. The molecule has 5 rings (SSSR count). The van der Waals surface area contributed by atoms with E-state index in [1.807, 2.05) is 0 Å². The van der Waals surface area contributed by atoms with Crippen LogP contribution in [-0.4, -0.2) is 36.7 Å². The molecule has 2 unspecified atom stereocenters. The van der Waals surface area contributed by atoms with Gasteiger partial charge in [-0.2, -0.15) is 23.4 Å². The lowest BCUT2D eigenvalue weighted by molar-refractivity contribution is -0.148. The maximum atomic E-state index is 14.8. The summed E-state index contributed by atoms with van der Waals surface area (Å²) in [6.07, 6.45) is -5.33. The van der Waals surface area contributed by atoms with Crippen molar-refractivity contribution in [1.29, 1.82) is 0 Å². The minimum Gasteiger partial charge on any atom is -0.443 e. The zero-order chi connectivity index (χ0) is 27.6. The van der Waals surface area contributed by atoms with Gasteiger partial charge in [-0.25, -0.2) is 28.3 Å². The van der Waals surface area contributed by atoms with E-state index in [4.69, 9.17) is 4.74 Å². The van der Waals surface area contributed by atoms with Crippen LogP contribution in [0.5, 0.6) is 0 Å². The molecule has 0 spiro atoms. The highest BCUT2D eigenvalue weighted by molar-refractivity contribution is 6.05. The number of carbonyl (C=O) groups is 1. The molecule has 2 aromatic carbocycles. The summed E-state index contributed by atoms with van der Waals surface area (Å²) in [6.45, 7) is 4.71. The maximum Gasteiger partial charge on any atom is 0.451 e. The number of nitrogens with zero attached hydrogens (tertiary/aromatic N) is 5. The van der Waals surface area contributed by atoms with Gasteiger partial charge in [-0.15, -0.1) is 0 Å². The summed E-state index contributed by atoms with van der Waals surface area (Å²) in [5.74, 6) is -2.94. The van der Waals surface area contributed by atoms with Crippen molar-refractivity contribution < 1.29 is 31.5 Å². The van der Waals surface area contributed by atoms with Crippen LogP contribution in [0.1, 0.15) is 49.9 Å². The standard InChI is InChI=1S/C24H19F5N6O3/c1-23(2,3)38-22(37)34-15-9-13(26)8-14-16(15)17(32-33-20(14)36)19(18(34)11-4-6-12(25)7-5-11)35-21(24(27,28)29)30-10-31-35/h4-10,18-19H,1-3H3,(H,33,36). The molecule has 14 heteroatoms. The lowest BCUT2D eigenvalue weighted by Gasteiger charge is -2.42. The number of halogens is 5. The Labute approximate surface area is 210 Å². The molecule has 0 radical (unpaired) electrons. The van der Waals surface area contributed by atoms with Crippen LogP contribution in [0, 0.1) is 11.6 Å². The number of hydrogen-bond acceptors (Lipinski definition) is 6. The van der Waals surface area contributed by atoms with Crippen molar-refractivity contribution in [2.45, 2.75) is 44.6 Å². The van der Waals surface area contributed by atoms with Crippen molar-refractivity contribution in [3.8, 4) is 0 Å². The number of aromatic amines is 1. The van der Waals surface area contributed by atoms with Gasteiger partial charge in [-0.1, -0.05) is 12.1 Å². The van der Waals surface area contributed by atoms with Crippen LogP contribution in [-0.2, 0) is 10.9 Å². The van der Waals surface area contributed by atoms with Gasteiger partial charge in [-0.05, 0) is 50.6 Å². The van der Waals surface area contributed by atoms with Gasteiger partial charge in [0, 0.05) is 5.39 Å². The summed E-state index contributed by atoms with van der Waals surface area (Å²) in [5, 5.41) is 9.67. The second-order valence-electron chi connectivity index (χ2n) is 9.60. The predicted octanol–water partition coefficient (Wildman–Crippen LogP) is 4.90. The summed E-state index contributed by atoms with van der Waals surface area (Å²) in [4.78, 5) is 30.5. The number of alkyl halides is 3. The Morgan fingerprint density at radius 1 is 1.03 bits per heavy atom. The summed E-state index contributed by atoms with van der Waals surface area (Å²) in [7, 11) is 0. The summed E-state index contributed by atoms with van der Waals surface area (Å²) in [6, 6.07) is 3.52. The van der Waals surface area contributed by atoms with E-state index in [1.165, 1.54) is 12.1 Å². The largest absolute Gasteiger partial charge is 0.451 e. The molecular weight excluding hydrogens is 515 g/mol. The number of hydrogen-bond donors (Lipinski definition) is 1. The summed E-state index contributed by atoms with van der Waals surface area (Å²) in [5.41, 5.74) is -2.05. The molecule has 1 amide bonds. The zero-order valence-corrected chi connectivity index (χ0v) is 20.0. The first-order valence-electron chi connectivity index (χ1n) is 11.2. The molecule has 198 valence electrons. The van der Waals surface area contributed by atoms with Crippen LogP contribution >= 0.6 is 0 Å².